The van der Waals surface area contributed by atoms with Crippen molar-refractivity contribution in [1.29, 1.82) is 0 Å². The van der Waals surface area contributed by atoms with Gasteiger partial charge in [-0.05, 0) is 47.0 Å². The first-order valence-electron chi connectivity index (χ1n) is 14.7. The molecule has 0 bridgehead atoms. The first-order valence-corrected chi connectivity index (χ1v) is 15.5. The summed E-state index contributed by atoms with van der Waals surface area (Å²) in [6.45, 7) is 0. The number of aromatic nitrogens is 2. The summed E-state index contributed by atoms with van der Waals surface area (Å²) < 4.78 is 8.96. The van der Waals surface area contributed by atoms with E-state index in [1.165, 1.54) is 15.8 Å². The van der Waals surface area contributed by atoms with Gasteiger partial charge in [0, 0.05) is 37.5 Å². The predicted octanol–water partition coefficient (Wildman–Crippen LogP) is 11.4. The molecule has 4 heteroatoms. The Balaban J connectivity index is 1.33. The maximum atomic E-state index is 6.65. The lowest BCUT2D eigenvalue weighted by Crippen LogP contribution is -1.94. The van der Waals surface area contributed by atoms with E-state index in [0.29, 0.717) is 5.82 Å². The van der Waals surface area contributed by atoms with E-state index in [4.69, 9.17) is 14.4 Å². The molecule has 0 saturated carbocycles. The molecule has 0 radical (unpaired) electrons. The van der Waals surface area contributed by atoms with Gasteiger partial charge >= 0.3 is 0 Å². The molecule has 0 aliphatic heterocycles. The molecule has 0 spiro atoms. The van der Waals surface area contributed by atoms with Crippen LogP contribution in [0.15, 0.2) is 150 Å². The number of hydrogen-bond acceptors (Lipinski definition) is 4. The lowest BCUT2D eigenvalue weighted by atomic mass is 9.95. The fourth-order valence-electron chi connectivity index (χ4n) is 6.24. The molecule has 44 heavy (non-hydrogen) atoms. The molecular weight excluding hydrogens is 557 g/mol. The Labute approximate surface area is 257 Å². The zero-order chi connectivity index (χ0) is 29.0. The van der Waals surface area contributed by atoms with Gasteiger partial charge in [-0.15, -0.1) is 11.3 Å². The average Bonchev–Trinajstić information content (AvgIpc) is 3.67. The summed E-state index contributed by atoms with van der Waals surface area (Å²) in [6, 6.07) is 50.6. The maximum Gasteiger partial charge on any atom is 0.161 e. The van der Waals surface area contributed by atoms with Crippen molar-refractivity contribution in [3.05, 3.63) is 146 Å². The quantitative estimate of drug-likeness (QED) is 0.208. The summed E-state index contributed by atoms with van der Waals surface area (Å²) in [4.78, 5) is 10.6. The minimum Gasteiger partial charge on any atom is -0.455 e. The van der Waals surface area contributed by atoms with Crippen molar-refractivity contribution in [3.63, 3.8) is 0 Å². The van der Waals surface area contributed by atoms with Gasteiger partial charge in [-0.25, -0.2) is 9.97 Å². The third-order valence-electron chi connectivity index (χ3n) is 8.31. The van der Waals surface area contributed by atoms with Crippen molar-refractivity contribution in [3.8, 4) is 44.9 Å². The van der Waals surface area contributed by atoms with E-state index >= 15 is 0 Å². The highest BCUT2D eigenvalue weighted by Crippen LogP contribution is 2.44. The van der Waals surface area contributed by atoms with Crippen LogP contribution in [-0.2, 0) is 0 Å². The van der Waals surface area contributed by atoms with Gasteiger partial charge < -0.3 is 4.42 Å². The van der Waals surface area contributed by atoms with E-state index in [1.807, 2.05) is 24.3 Å². The van der Waals surface area contributed by atoms with Gasteiger partial charge in [0.25, 0.3) is 0 Å². The first kappa shape index (κ1) is 25.0. The van der Waals surface area contributed by atoms with Crippen LogP contribution in [0.4, 0.5) is 0 Å². The number of thiophene rings is 1. The topological polar surface area (TPSA) is 38.9 Å². The fraction of sp³-hybridized carbons (Fsp3) is 0. The largest absolute Gasteiger partial charge is 0.455 e. The molecule has 3 heterocycles. The lowest BCUT2D eigenvalue weighted by Gasteiger charge is -2.11. The number of furan rings is 1. The molecule has 0 atom stereocenters. The van der Waals surface area contributed by atoms with Crippen LogP contribution in [0.5, 0.6) is 0 Å². The average molecular weight is 581 g/mol. The predicted molar refractivity (Wildman–Crippen MR) is 184 cm³/mol. The number of benzene rings is 6. The molecule has 9 rings (SSSR count). The summed E-state index contributed by atoms with van der Waals surface area (Å²) in [5, 5.41) is 3.23. The van der Waals surface area contributed by atoms with Gasteiger partial charge in [0.05, 0.1) is 15.9 Å². The third kappa shape index (κ3) is 3.96. The van der Waals surface area contributed by atoms with Gasteiger partial charge in [-0.3, -0.25) is 0 Å². The van der Waals surface area contributed by atoms with Gasteiger partial charge in [-0.1, -0.05) is 115 Å². The van der Waals surface area contributed by atoms with E-state index in [-0.39, 0.29) is 0 Å². The monoisotopic (exact) mass is 580 g/mol. The number of rotatable bonds is 4. The zero-order valence-corrected chi connectivity index (χ0v) is 24.4. The summed E-state index contributed by atoms with van der Waals surface area (Å²) in [6.07, 6.45) is 0. The van der Waals surface area contributed by atoms with E-state index in [0.717, 1.165) is 65.5 Å². The molecule has 3 nitrogen and oxygen atoms in total. The molecule has 206 valence electrons. The second kappa shape index (κ2) is 10.0. The second-order valence-electron chi connectivity index (χ2n) is 10.9. The second-order valence-corrected chi connectivity index (χ2v) is 12.0. The molecule has 0 amide bonds. The molecule has 0 N–H and O–H groups in total. The van der Waals surface area contributed by atoms with Crippen molar-refractivity contribution in [2.24, 2.45) is 0 Å². The Morgan fingerprint density at radius 3 is 2.00 bits per heavy atom. The van der Waals surface area contributed by atoms with Crippen LogP contribution >= 0.6 is 11.3 Å². The van der Waals surface area contributed by atoms with E-state index < -0.39 is 0 Å². The highest BCUT2D eigenvalue weighted by molar-refractivity contribution is 7.26. The smallest absolute Gasteiger partial charge is 0.161 e. The fourth-order valence-corrected chi connectivity index (χ4v) is 7.40. The Morgan fingerprint density at radius 1 is 0.500 bits per heavy atom. The van der Waals surface area contributed by atoms with Gasteiger partial charge in [0.15, 0.2) is 5.82 Å². The normalized spacial score (nSPS) is 11.6. The number of fused-ring (bicyclic) bond motifs is 6. The molecular formula is C40H24N2OS. The van der Waals surface area contributed by atoms with Crippen LogP contribution in [0.2, 0.25) is 0 Å². The molecule has 0 saturated heterocycles. The van der Waals surface area contributed by atoms with Crippen LogP contribution in [0.3, 0.4) is 0 Å². The number of hydrogen-bond donors (Lipinski definition) is 0. The summed E-state index contributed by atoms with van der Waals surface area (Å²) >= 11 is 1.75. The molecule has 0 unspecified atom stereocenters. The van der Waals surface area contributed by atoms with Crippen molar-refractivity contribution >= 4 is 53.6 Å². The van der Waals surface area contributed by atoms with E-state index in [1.54, 1.807) is 11.3 Å². The van der Waals surface area contributed by atoms with Crippen LogP contribution in [-0.4, -0.2) is 9.97 Å². The van der Waals surface area contributed by atoms with Crippen molar-refractivity contribution < 1.29 is 4.42 Å². The summed E-state index contributed by atoms with van der Waals surface area (Å²) in [5.74, 6) is 0.695. The van der Waals surface area contributed by atoms with Gasteiger partial charge in [0.1, 0.15) is 11.2 Å². The molecule has 0 aliphatic carbocycles. The standard InChI is InChI=1S/C40H24N2OS/c1-3-12-25(13-4-1)27-16-11-17-28(24-27)29-22-23-32(35-30-18-7-9-20-33(30)43-38(29)35)40-41-36(26-14-5-2-6-15-26)39-37(42-40)31-19-8-10-21-34(31)44-39/h1-24H. The first-order chi connectivity index (χ1) is 21.8. The molecule has 9 aromatic rings. The highest BCUT2D eigenvalue weighted by atomic mass is 32.1. The molecule has 0 aliphatic rings. The van der Waals surface area contributed by atoms with Gasteiger partial charge in [-0.2, -0.15) is 0 Å². The van der Waals surface area contributed by atoms with E-state index in [2.05, 4.69) is 121 Å². The number of para-hydroxylation sites is 1. The Kier molecular flexibility index (Phi) is 5.68. The zero-order valence-electron chi connectivity index (χ0n) is 23.6. The maximum absolute atomic E-state index is 6.65. The van der Waals surface area contributed by atoms with Gasteiger partial charge in [0.2, 0.25) is 0 Å². The minimum absolute atomic E-state index is 0.695. The van der Waals surface area contributed by atoms with E-state index in [9.17, 15) is 0 Å². The molecule has 0 fully saturated rings. The Morgan fingerprint density at radius 2 is 1.16 bits per heavy atom. The Hall–Kier alpha value is -5.58. The third-order valence-corrected chi connectivity index (χ3v) is 9.48. The van der Waals surface area contributed by atoms with Crippen LogP contribution in [0, 0.1) is 0 Å². The highest BCUT2D eigenvalue weighted by Gasteiger charge is 2.22. The Bertz CT molecular complexity index is 2490. The van der Waals surface area contributed by atoms with Crippen LogP contribution in [0.1, 0.15) is 0 Å². The van der Waals surface area contributed by atoms with Crippen molar-refractivity contribution in [1.82, 2.24) is 9.97 Å². The summed E-state index contributed by atoms with van der Waals surface area (Å²) in [7, 11) is 0. The lowest BCUT2D eigenvalue weighted by molar-refractivity contribution is 0.670. The SMILES string of the molecule is c1ccc(-c2cccc(-c3ccc(-c4nc(-c5ccccc5)c5sc6ccccc6c5n4)c4c3oc3ccccc34)c2)cc1. The van der Waals surface area contributed by atoms with Crippen LogP contribution in [0.25, 0.3) is 87.1 Å². The van der Waals surface area contributed by atoms with Crippen molar-refractivity contribution in [2.75, 3.05) is 0 Å². The van der Waals surface area contributed by atoms with Crippen LogP contribution < -0.4 is 0 Å². The molecule has 3 aromatic heterocycles. The minimum atomic E-state index is 0.695. The van der Waals surface area contributed by atoms with Crippen molar-refractivity contribution in [2.45, 2.75) is 0 Å². The number of nitrogens with zero attached hydrogens (tertiary/aromatic N) is 2. The molecule has 6 aromatic carbocycles. The summed E-state index contributed by atoms with van der Waals surface area (Å²) in [5.41, 5.74) is 10.2.